The summed E-state index contributed by atoms with van der Waals surface area (Å²) in [6.45, 7) is 4.28. The summed E-state index contributed by atoms with van der Waals surface area (Å²) >= 11 is 0. The first-order valence-corrected chi connectivity index (χ1v) is 10.3. The first-order valence-electron chi connectivity index (χ1n) is 10.3. The molecule has 2 aromatic carbocycles. The van der Waals surface area contributed by atoms with Gasteiger partial charge < -0.3 is 4.74 Å². The number of ether oxygens (including phenoxy) is 1. The van der Waals surface area contributed by atoms with Gasteiger partial charge in [0.1, 0.15) is 5.75 Å². The van der Waals surface area contributed by atoms with Crippen LogP contribution in [0.4, 0.5) is 0 Å². The van der Waals surface area contributed by atoms with Gasteiger partial charge in [0.05, 0.1) is 5.56 Å². The highest BCUT2D eigenvalue weighted by atomic mass is 16.5. The predicted octanol–water partition coefficient (Wildman–Crippen LogP) is 5.96. The third-order valence-electron chi connectivity index (χ3n) is 5.74. The van der Waals surface area contributed by atoms with E-state index < -0.39 is 0 Å². The van der Waals surface area contributed by atoms with Crippen molar-refractivity contribution in [2.24, 2.45) is 5.92 Å². The molecular formula is C25H26N2O2. The molecular weight excluding hydrogens is 360 g/mol. The number of nitrogens with zero attached hydrogens (tertiary/aromatic N) is 2. The average molecular weight is 386 g/mol. The highest BCUT2D eigenvalue weighted by molar-refractivity contribution is 5.91. The van der Waals surface area contributed by atoms with Crippen LogP contribution in [0.15, 0.2) is 60.9 Å². The first kappa shape index (κ1) is 19.3. The molecule has 0 amide bonds. The van der Waals surface area contributed by atoms with Crippen molar-refractivity contribution >= 4 is 5.97 Å². The van der Waals surface area contributed by atoms with E-state index in [0.29, 0.717) is 23.1 Å². The molecule has 4 heteroatoms. The van der Waals surface area contributed by atoms with Gasteiger partial charge in [-0.3, -0.25) is 0 Å². The van der Waals surface area contributed by atoms with Gasteiger partial charge in [-0.05, 0) is 67.0 Å². The van der Waals surface area contributed by atoms with E-state index in [1.807, 2.05) is 31.2 Å². The number of hydrogen-bond donors (Lipinski definition) is 0. The number of aromatic nitrogens is 2. The molecule has 0 radical (unpaired) electrons. The van der Waals surface area contributed by atoms with Gasteiger partial charge in [0.2, 0.25) is 0 Å². The third-order valence-corrected chi connectivity index (χ3v) is 5.74. The lowest BCUT2D eigenvalue weighted by Crippen LogP contribution is -2.11. The molecule has 0 spiro atoms. The van der Waals surface area contributed by atoms with E-state index in [1.165, 1.54) is 31.2 Å². The maximum Gasteiger partial charge on any atom is 0.343 e. The summed E-state index contributed by atoms with van der Waals surface area (Å²) in [5.74, 6) is 2.33. The van der Waals surface area contributed by atoms with E-state index in [2.05, 4.69) is 29.0 Å². The summed E-state index contributed by atoms with van der Waals surface area (Å²) in [5.41, 5.74) is 3.73. The highest BCUT2D eigenvalue weighted by Crippen LogP contribution is 2.36. The van der Waals surface area contributed by atoms with E-state index in [4.69, 9.17) is 4.74 Å². The van der Waals surface area contributed by atoms with Gasteiger partial charge in [-0.1, -0.05) is 44.0 Å². The Morgan fingerprint density at radius 2 is 1.52 bits per heavy atom. The normalized spacial score (nSPS) is 19.0. The van der Waals surface area contributed by atoms with Crippen LogP contribution in [-0.2, 0) is 0 Å². The van der Waals surface area contributed by atoms with Crippen molar-refractivity contribution in [3.05, 3.63) is 77.6 Å². The number of rotatable bonds is 4. The highest BCUT2D eigenvalue weighted by Gasteiger charge is 2.19. The Hall–Kier alpha value is -3.01. The summed E-state index contributed by atoms with van der Waals surface area (Å²) in [5, 5.41) is 0. The second-order valence-corrected chi connectivity index (χ2v) is 8.08. The molecule has 1 aromatic heterocycles. The van der Waals surface area contributed by atoms with Crippen LogP contribution < -0.4 is 4.74 Å². The fourth-order valence-electron chi connectivity index (χ4n) is 3.86. The molecule has 0 unspecified atom stereocenters. The molecule has 0 bridgehead atoms. The van der Waals surface area contributed by atoms with E-state index in [-0.39, 0.29) is 5.97 Å². The van der Waals surface area contributed by atoms with Gasteiger partial charge in [-0.2, -0.15) is 0 Å². The topological polar surface area (TPSA) is 52.1 Å². The summed E-state index contributed by atoms with van der Waals surface area (Å²) in [6.07, 6.45) is 8.65. The standard InChI is InChI=1S/C25H26N2O2/c1-17-3-5-19(6-4-17)20-11-13-23(14-12-20)29-25(28)22-9-7-21(8-10-22)24-26-15-18(2)16-27-24/h7-17,19H,3-6H2,1-2H3. The predicted molar refractivity (Wildman–Crippen MR) is 114 cm³/mol. The molecule has 4 nitrogen and oxygen atoms in total. The number of hydrogen-bond acceptors (Lipinski definition) is 4. The Bertz CT molecular complexity index is 955. The zero-order valence-corrected chi connectivity index (χ0v) is 17.0. The molecule has 0 N–H and O–H groups in total. The molecule has 3 aromatic rings. The van der Waals surface area contributed by atoms with Crippen LogP contribution in [-0.4, -0.2) is 15.9 Å². The Morgan fingerprint density at radius 3 is 2.14 bits per heavy atom. The average Bonchev–Trinajstić information content (AvgIpc) is 2.76. The molecule has 0 saturated heterocycles. The minimum atomic E-state index is -0.361. The lowest BCUT2D eigenvalue weighted by molar-refractivity contribution is 0.0734. The van der Waals surface area contributed by atoms with Crippen molar-refractivity contribution in [3.8, 4) is 17.1 Å². The Kier molecular flexibility index (Phi) is 5.70. The summed E-state index contributed by atoms with van der Waals surface area (Å²) < 4.78 is 5.55. The zero-order chi connectivity index (χ0) is 20.2. The molecule has 29 heavy (non-hydrogen) atoms. The van der Waals surface area contributed by atoms with Crippen molar-refractivity contribution in [2.75, 3.05) is 0 Å². The van der Waals surface area contributed by atoms with Crippen molar-refractivity contribution in [3.63, 3.8) is 0 Å². The summed E-state index contributed by atoms with van der Waals surface area (Å²) in [7, 11) is 0. The third kappa shape index (κ3) is 4.70. The van der Waals surface area contributed by atoms with Gasteiger partial charge in [0.25, 0.3) is 0 Å². The van der Waals surface area contributed by atoms with Crippen LogP contribution >= 0.6 is 0 Å². The number of carbonyl (C=O) groups excluding carboxylic acids is 1. The lowest BCUT2D eigenvalue weighted by atomic mass is 9.79. The fraction of sp³-hybridized carbons (Fsp3) is 0.320. The molecule has 1 aliphatic carbocycles. The SMILES string of the molecule is Cc1cnc(-c2ccc(C(=O)Oc3ccc(C4CCC(C)CC4)cc3)cc2)nc1. The van der Waals surface area contributed by atoms with E-state index in [0.717, 1.165) is 17.0 Å². The fourth-order valence-corrected chi connectivity index (χ4v) is 3.86. The Morgan fingerprint density at radius 1 is 0.897 bits per heavy atom. The van der Waals surface area contributed by atoms with E-state index in [1.54, 1.807) is 24.5 Å². The second-order valence-electron chi connectivity index (χ2n) is 8.08. The van der Waals surface area contributed by atoms with Gasteiger partial charge in [-0.25, -0.2) is 14.8 Å². The number of esters is 1. The van der Waals surface area contributed by atoms with Crippen molar-refractivity contribution in [1.82, 2.24) is 9.97 Å². The van der Waals surface area contributed by atoms with Gasteiger partial charge in [-0.15, -0.1) is 0 Å². The minimum absolute atomic E-state index is 0.361. The monoisotopic (exact) mass is 386 g/mol. The van der Waals surface area contributed by atoms with Crippen molar-refractivity contribution < 1.29 is 9.53 Å². The molecule has 0 aliphatic heterocycles. The van der Waals surface area contributed by atoms with Gasteiger partial charge in [0, 0.05) is 18.0 Å². The van der Waals surface area contributed by atoms with Crippen molar-refractivity contribution in [2.45, 2.75) is 45.4 Å². The van der Waals surface area contributed by atoms with E-state index >= 15 is 0 Å². The Balaban J connectivity index is 1.39. The van der Waals surface area contributed by atoms with Gasteiger partial charge >= 0.3 is 5.97 Å². The number of carbonyl (C=O) groups is 1. The zero-order valence-electron chi connectivity index (χ0n) is 17.0. The van der Waals surface area contributed by atoms with Crippen LogP contribution in [0.1, 0.15) is 60.0 Å². The van der Waals surface area contributed by atoms with Crippen LogP contribution in [0.2, 0.25) is 0 Å². The smallest absolute Gasteiger partial charge is 0.343 e. The second kappa shape index (κ2) is 8.56. The van der Waals surface area contributed by atoms with Crippen molar-refractivity contribution in [1.29, 1.82) is 0 Å². The quantitative estimate of drug-likeness (QED) is 0.410. The Labute approximate surface area is 172 Å². The minimum Gasteiger partial charge on any atom is -0.423 e. The summed E-state index contributed by atoms with van der Waals surface area (Å²) in [6, 6.07) is 15.2. The number of aryl methyl sites for hydroxylation is 1. The van der Waals surface area contributed by atoms with Crippen LogP contribution in [0.25, 0.3) is 11.4 Å². The van der Waals surface area contributed by atoms with Crippen LogP contribution in [0, 0.1) is 12.8 Å². The lowest BCUT2D eigenvalue weighted by Gasteiger charge is -2.26. The molecule has 1 fully saturated rings. The molecule has 148 valence electrons. The van der Waals surface area contributed by atoms with Crippen LogP contribution in [0.5, 0.6) is 5.75 Å². The molecule has 4 rings (SSSR count). The maximum atomic E-state index is 12.5. The molecule has 1 saturated carbocycles. The molecule has 0 atom stereocenters. The summed E-state index contributed by atoms with van der Waals surface area (Å²) in [4.78, 5) is 21.1. The molecule has 1 aliphatic rings. The first-order chi connectivity index (χ1) is 14.1. The molecule has 1 heterocycles. The maximum absolute atomic E-state index is 12.5. The van der Waals surface area contributed by atoms with E-state index in [9.17, 15) is 4.79 Å². The van der Waals surface area contributed by atoms with Crippen LogP contribution in [0.3, 0.4) is 0 Å². The number of benzene rings is 2. The largest absolute Gasteiger partial charge is 0.423 e. The van der Waals surface area contributed by atoms with Gasteiger partial charge in [0.15, 0.2) is 5.82 Å².